The summed E-state index contributed by atoms with van der Waals surface area (Å²) in [5.74, 6) is 0.556. The van der Waals surface area contributed by atoms with Gasteiger partial charge in [0, 0.05) is 23.3 Å². The fourth-order valence-corrected chi connectivity index (χ4v) is 4.18. The quantitative estimate of drug-likeness (QED) is 0.899. The molecule has 3 atom stereocenters. The molecule has 2 fully saturated rings. The first-order valence-corrected chi connectivity index (χ1v) is 8.71. The van der Waals surface area contributed by atoms with Crippen molar-refractivity contribution in [3.05, 3.63) is 42.0 Å². The average molecular weight is 340 g/mol. The number of nitrogens with one attached hydrogen (secondary N) is 1. The van der Waals surface area contributed by atoms with Gasteiger partial charge in [-0.15, -0.1) is 0 Å². The predicted octanol–water partition coefficient (Wildman–Crippen LogP) is 4.00. The van der Waals surface area contributed by atoms with E-state index in [0.29, 0.717) is 29.5 Å². The molecule has 130 valence electrons. The number of hydrogen-bond donors (Lipinski definition) is 1. The summed E-state index contributed by atoms with van der Waals surface area (Å²) in [5.41, 5.74) is 2.47. The van der Waals surface area contributed by atoms with Gasteiger partial charge in [0.1, 0.15) is 0 Å². The normalized spacial score (nSPS) is 24.6. The minimum atomic E-state index is -0.468. The van der Waals surface area contributed by atoms with Crippen molar-refractivity contribution in [3.63, 3.8) is 0 Å². The van der Waals surface area contributed by atoms with Gasteiger partial charge in [0.05, 0.1) is 12.4 Å². The molecular weight excluding hydrogens is 319 g/mol. The Morgan fingerprint density at radius 1 is 1.28 bits per heavy atom. The number of amides is 2. The summed E-state index contributed by atoms with van der Waals surface area (Å²) in [4.78, 5) is 22.8. The molecule has 1 aromatic heterocycles. The van der Waals surface area contributed by atoms with Crippen LogP contribution in [0, 0.1) is 18.7 Å². The molecule has 2 aromatic rings. The molecule has 0 spiro atoms. The van der Waals surface area contributed by atoms with E-state index in [0.717, 1.165) is 42.8 Å². The zero-order valence-corrected chi connectivity index (χ0v) is 14.4. The number of carbonyl (C=O) groups excluding carboxylic acids is 1. The van der Waals surface area contributed by atoms with E-state index < -0.39 is 5.82 Å². The molecular formula is C19H21FN4O. The minimum Gasteiger partial charge on any atom is -0.318 e. The van der Waals surface area contributed by atoms with Gasteiger partial charge in [-0.2, -0.15) is 0 Å². The van der Waals surface area contributed by atoms with Gasteiger partial charge in [-0.25, -0.2) is 19.2 Å². The van der Waals surface area contributed by atoms with Crippen LogP contribution in [-0.4, -0.2) is 33.0 Å². The second-order valence-electron chi connectivity index (χ2n) is 7.10. The average Bonchev–Trinajstić information content (AvgIpc) is 3.14. The maximum atomic E-state index is 13.1. The summed E-state index contributed by atoms with van der Waals surface area (Å²) in [7, 11) is 0. The highest BCUT2D eigenvalue weighted by Gasteiger charge is 2.46. The van der Waals surface area contributed by atoms with Gasteiger partial charge in [-0.1, -0.05) is 13.0 Å². The monoisotopic (exact) mass is 340 g/mol. The highest BCUT2D eigenvalue weighted by Crippen LogP contribution is 2.41. The molecule has 5 nitrogen and oxygen atoms in total. The fraction of sp³-hybridized carbons (Fsp3) is 0.421. The zero-order chi connectivity index (χ0) is 17.6. The van der Waals surface area contributed by atoms with Crippen LogP contribution in [0.3, 0.4) is 0 Å². The number of aromatic nitrogens is 2. The lowest BCUT2D eigenvalue weighted by Gasteiger charge is -2.23. The van der Waals surface area contributed by atoms with Gasteiger partial charge in [-0.05, 0) is 49.8 Å². The number of urea groups is 1. The standard InChI is InChI=1S/C19H21FN4O/c1-11-3-4-14(8-16(11)18-21-9-13(20)10-22-18)23-19(25)24-15-5-6-17(24)12(2)7-15/h3-4,8-10,12,15,17H,5-7H2,1-2H3,(H,23,25)/t12-,15-,17+/m0/s1. The molecule has 25 heavy (non-hydrogen) atoms. The van der Waals surface area contributed by atoms with Crippen molar-refractivity contribution >= 4 is 11.7 Å². The van der Waals surface area contributed by atoms with Gasteiger partial charge in [0.2, 0.25) is 0 Å². The van der Waals surface area contributed by atoms with E-state index in [4.69, 9.17) is 0 Å². The minimum absolute atomic E-state index is 0.0355. The summed E-state index contributed by atoms with van der Waals surface area (Å²) >= 11 is 0. The van der Waals surface area contributed by atoms with Gasteiger partial charge < -0.3 is 10.2 Å². The Kier molecular flexibility index (Phi) is 3.90. The van der Waals surface area contributed by atoms with E-state index in [-0.39, 0.29) is 6.03 Å². The van der Waals surface area contributed by atoms with Gasteiger partial charge in [0.15, 0.2) is 11.6 Å². The molecule has 0 aliphatic carbocycles. The number of carbonyl (C=O) groups is 1. The first-order chi connectivity index (χ1) is 12.0. The lowest BCUT2D eigenvalue weighted by molar-refractivity contribution is 0.202. The van der Waals surface area contributed by atoms with Crippen LogP contribution in [0.5, 0.6) is 0 Å². The van der Waals surface area contributed by atoms with Crippen molar-refractivity contribution < 1.29 is 9.18 Å². The lowest BCUT2D eigenvalue weighted by Crippen LogP contribution is -2.39. The molecule has 2 aliphatic heterocycles. The lowest BCUT2D eigenvalue weighted by atomic mass is 9.91. The van der Waals surface area contributed by atoms with Crippen LogP contribution in [0.1, 0.15) is 31.7 Å². The Labute approximate surface area is 146 Å². The number of benzene rings is 1. The van der Waals surface area contributed by atoms with Crippen molar-refractivity contribution in [1.82, 2.24) is 14.9 Å². The van der Waals surface area contributed by atoms with E-state index in [1.165, 1.54) is 0 Å². The third-order valence-corrected chi connectivity index (χ3v) is 5.43. The van der Waals surface area contributed by atoms with E-state index in [9.17, 15) is 9.18 Å². The smallest absolute Gasteiger partial charge is 0.318 e. The Hall–Kier alpha value is -2.50. The SMILES string of the molecule is Cc1ccc(NC(=O)N2[C@H]3CC[C@@H]2[C@@H](C)C3)cc1-c1ncc(F)cn1. The second-order valence-corrected chi connectivity index (χ2v) is 7.10. The summed E-state index contributed by atoms with van der Waals surface area (Å²) in [5, 5.41) is 3.01. The van der Waals surface area contributed by atoms with Gasteiger partial charge >= 0.3 is 6.03 Å². The van der Waals surface area contributed by atoms with Crippen molar-refractivity contribution in [3.8, 4) is 11.4 Å². The topological polar surface area (TPSA) is 58.1 Å². The van der Waals surface area contributed by atoms with Gasteiger partial charge in [0.25, 0.3) is 0 Å². The third-order valence-electron chi connectivity index (χ3n) is 5.43. The number of rotatable bonds is 2. The number of fused-ring (bicyclic) bond motifs is 2. The maximum Gasteiger partial charge on any atom is 0.322 e. The van der Waals surface area contributed by atoms with Crippen LogP contribution in [0.15, 0.2) is 30.6 Å². The Morgan fingerprint density at radius 2 is 2.04 bits per heavy atom. The zero-order valence-electron chi connectivity index (χ0n) is 14.4. The number of anilines is 1. The van der Waals surface area contributed by atoms with Crippen molar-refractivity contribution in [2.45, 2.75) is 45.2 Å². The van der Waals surface area contributed by atoms with Gasteiger partial charge in [-0.3, -0.25) is 0 Å². The molecule has 2 saturated heterocycles. The van der Waals surface area contributed by atoms with Crippen LogP contribution >= 0.6 is 0 Å². The first kappa shape index (κ1) is 16.0. The molecule has 0 unspecified atom stereocenters. The van der Waals surface area contributed by atoms with E-state index in [2.05, 4.69) is 22.2 Å². The highest BCUT2D eigenvalue weighted by molar-refractivity contribution is 5.91. The summed E-state index contributed by atoms with van der Waals surface area (Å²) in [6.07, 6.45) is 5.60. The van der Waals surface area contributed by atoms with Crippen molar-refractivity contribution in [2.24, 2.45) is 5.92 Å². The molecule has 2 amide bonds. The molecule has 6 heteroatoms. The largest absolute Gasteiger partial charge is 0.322 e. The predicted molar refractivity (Wildman–Crippen MR) is 93.6 cm³/mol. The fourth-order valence-electron chi connectivity index (χ4n) is 4.18. The number of aryl methyl sites for hydroxylation is 1. The molecule has 0 radical (unpaired) electrons. The molecule has 0 saturated carbocycles. The van der Waals surface area contributed by atoms with Crippen molar-refractivity contribution in [2.75, 3.05) is 5.32 Å². The Balaban J connectivity index is 1.56. The van der Waals surface area contributed by atoms with E-state index in [1.54, 1.807) is 0 Å². The molecule has 1 N–H and O–H groups in total. The van der Waals surface area contributed by atoms with Crippen LogP contribution in [0.25, 0.3) is 11.4 Å². The first-order valence-electron chi connectivity index (χ1n) is 8.71. The molecule has 2 bridgehead atoms. The second kappa shape index (κ2) is 6.10. The van der Waals surface area contributed by atoms with E-state index in [1.807, 2.05) is 30.0 Å². The molecule has 4 rings (SSSR count). The molecule has 1 aromatic carbocycles. The Bertz CT molecular complexity index is 808. The summed E-state index contributed by atoms with van der Waals surface area (Å²) in [6, 6.07) is 6.33. The van der Waals surface area contributed by atoms with Crippen LogP contribution in [-0.2, 0) is 0 Å². The number of hydrogen-bond acceptors (Lipinski definition) is 3. The Morgan fingerprint density at radius 3 is 2.68 bits per heavy atom. The molecule has 2 aliphatic rings. The maximum absolute atomic E-state index is 13.1. The third kappa shape index (κ3) is 2.86. The summed E-state index contributed by atoms with van der Waals surface area (Å²) < 4.78 is 13.1. The summed E-state index contributed by atoms with van der Waals surface area (Å²) in [6.45, 7) is 4.16. The van der Waals surface area contributed by atoms with Crippen LogP contribution < -0.4 is 5.32 Å². The highest BCUT2D eigenvalue weighted by atomic mass is 19.1. The van der Waals surface area contributed by atoms with E-state index >= 15 is 0 Å². The number of halogens is 1. The van der Waals surface area contributed by atoms with Crippen LogP contribution in [0.2, 0.25) is 0 Å². The molecule has 3 heterocycles. The van der Waals surface area contributed by atoms with Crippen LogP contribution in [0.4, 0.5) is 14.9 Å². The number of nitrogens with zero attached hydrogens (tertiary/aromatic N) is 3. The van der Waals surface area contributed by atoms with Crippen molar-refractivity contribution in [1.29, 1.82) is 0 Å².